The van der Waals surface area contributed by atoms with E-state index in [2.05, 4.69) is 25.7 Å². The number of rotatable bonds is 4. The van der Waals surface area contributed by atoms with Crippen LogP contribution in [0, 0.1) is 11.8 Å². The van der Waals surface area contributed by atoms with E-state index >= 15 is 0 Å². The Balaban J connectivity index is 1.81. The number of hydrogen-bond acceptors (Lipinski definition) is 3. The van der Waals surface area contributed by atoms with Gasteiger partial charge in [0, 0.05) is 13.1 Å². The minimum absolute atomic E-state index is 0.102. The number of ether oxygens (including phenoxy) is 1. The molecule has 0 aromatic rings. The first kappa shape index (κ1) is 14.3. The van der Waals surface area contributed by atoms with Gasteiger partial charge in [0.05, 0.1) is 11.7 Å². The maximum atomic E-state index is 6.11. The summed E-state index contributed by atoms with van der Waals surface area (Å²) in [5.41, 5.74) is 5.97. The largest absolute Gasteiger partial charge is 0.371 e. The van der Waals surface area contributed by atoms with Gasteiger partial charge >= 0.3 is 0 Å². The molecule has 2 N–H and O–H groups in total. The van der Waals surface area contributed by atoms with Gasteiger partial charge in [0.2, 0.25) is 0 Å². The first-order valence-electron chi connectivity index (χ1n) is 7.64. The Morgan fingerprint density at radius 2 is 2.06 bits per heavy atom. The second-order valence-corrected chi connectivity index (χ2v) is 6.75. The SMILES string of the molecule is CCC1CN(CC2CCC(C)(C)O2)CCC1CN. The van der Waals surface area contributed by atoms with Crippen LogP contribution < -0.4 is 5.73 Å². The molecule has 0 radical (unpaired) electrons. The van der Waals surface area contributed by atoms with E-state index in [1.165, 1.54) is 38.8 Å². The van der Waals surface area contributed by atoms with Crippen LogP contribution in [-0.2, 0) is 4.74 Å². The molecule has 0 spiro atoms. The molecular formula is C15H30N2O. The average molecular weight is 254 g/mol. The summed E-state index contributed by atoms with van der Waals surface area (Å²) < 4.78 is 6.11. The van der Waals surface area contributed by atoms with E-state index in [9.17, 15) is 0 Å². The Morgan fingerprint density at radius 3 is 2.61 bits per heavy atom. The zero-order chi connectivity index (χ0) is 13.2. The molecule has 3 atom stereocenters. The van der Waals surface area contributed by atoms with Crippen molar-refractivity contribution in [2.75, 3.05) is 26.2 Å². The van der Waals surface area contributed by atoms with Gasteiger partial charge in [-0.25, -0.2) is 0 Å². The van der Waals surface area contributed by atoms with Crippen molar-refractivity contribution in [1.82, 2.24) is 4.90 Å². The van der Waals surface area contributed by atoms with Gasteiger partial charge in [0.15, 0.2) is 0 Å². The Kier molecular flexibility index (Phi) is 4.68. The van der Waals surface area contributed by atoms with Gasteiger partial charge in [0.1, 0.15) is 0 Å². The van der Waals surface area contributed by atoms with Crippen LogP contribution in [-0.4, -0.2) is 42.8 Å². The van der Waals surface area contributed by atoms with Gasteiger partial charge in [-0.2, -0.15) is 0 Å². The predicted octanol–water partition coefficient (Wildman–Crippen LogP) is 2.25. The molecule has 0 saturated carbocycles. The van der Waals surface area contributed by atoms with Crippen molar-refractivity contribution < 1.29 is 4.74 Å². The molecule has 0 aromatic carbocycles. The lowest BCUT2D eigenvalue weighted by Crippen LogP contribution is -2.45. The van der Waals surface area contributed by atoms with Gasteiger partial charge in [0.25, 0.3) is 0 Å². The Labute approximate surface area is 112 Å². The summed E-state index contributed by atoms with van der Waals surface area (Å²) in [6.07, 6.45) is 5.40. The normalized spacial score (nSPS) is 37.0. The first-order valence-corrected chi connectivity index (χ1v) is 7.64. The van der Waals surface area contributed by atoms with Crippen LogP contribution in [0.25, 0.3) is 0 Å². The molecule has 3 nitrogen and oxygen atoms in total. The Hall–Kier alpha value is -0.120. The minimum Gasteiger partial charge on any atom is -0.371 e. The molecule has 0 amide bonds. The van der Waals surface area contributed by atoms with Gasteiger partial charge in [-0.15, -0.1) is 0 Å². The van der Waals surface area contributed by atoms with Crippen LogP contribution >= 0.6 is 0 Å². The average Bonchev–Trinajstić information content (AvgIpc) is 2.68. The Bertz CT molecular complexity index is 267. The molecule has 2 heterocycles. The van der Waals surface area contributed by atoms with Crippen LogP contribution in [0.2, 0.25) is 0 Å². The van der Waals surface area contributed by atoms with Crippen molar-refractivity contribution >= 4 is 0 Å². The van der Waals surface area contributed by atoms with Crippen LogP contribution in [0.5, 0.6) is 0 Å². The van der Waals surface area contributed by atoms with E-state index in [0.717, 1.165) is 24.9 Å². The smallest absolute Gasteiger partial charge is 0.0710 e. The van der Waals surface area contributed by atoms with Crippen molar-refractivity contribution in [2.24, 2.45) is 17.6 Å². The lowest BCUT2D eigenvalue weighted by molar-refractivity contribution is -0.0359. The fourth-order valence-corrected chi connectivity index (χ4v) is 3.59. The summed E-state index contributed by atoms with van der Waals surface area (Å²) in [5.74, 6) is 1.53. The van der Waals surface area contributed by atoms with Crippen LogP contribution in [0.4, 0.5) is 0 Å². The summed E-state index contributed by atoms with van der Waals surface area (Å²) in [6, 6.07) is 0. The number of nitrogens with zero attached hydrogens (tertiary/aromatic N) is 1. The molecule has 0 aliphatic carbocycles. The van der Waals surface area contributed by atoms with Crippen LogP contribution in [0.15, 0.2) is 0 Å². The molecule has 106 valence electrons. The zero-order valence-electron chi connectivity index (χ0n) is 12.3. The quantitative estimate of drug-likeness (QED) is 0.836. The van der Waals surface area contributed by atoms with Crippen molar-refractivity contribution in [2.45, 2.75) is 58.2 Å². The highest BCUT2D eigenvalue weighted by atomic mass is 16.5. The van der Waals surface area contributed by atoms with Crippen LogP contribution in [0.3, 0.4) is 0 Å². The second-order valence-electron chi connectivity index (χ2n) is 6.75. The van der Waals surface area contributed by atoms with E-state index in [1.807, 2.05) is 0 Å². The molecule has 2 fully saturated rings. The number of piperidine rings is 1. The van der Waals surface area contributed by atoms with Gasteiger partial charge < -0.3 is 15.4 Å². The number of hydrogen-bond donors (Lipinski definition) is 1. The molecule has 2 aliphatic rings. The molecule has 2 aliphatic heterocycles. The molecule has 2 saturated heterocycles. The van der Waals surface area contributed by atoms with E-state index in [-0.39, 0.29) is 5.60 Å². The molecule has 2 rings (SSSR count). The molecule has 0 bridgehead atoms. The van der Waals surface area contributed by atoms with Crippen molar-refractivity contribution in [1.29, 1.82) is 0 Å². The lowest BCUT2D eigenvalue weighted by Gasteiger charge is -2.39. The zero-order valence-corrected chi connectivity index (χ0v) is 12.3. The van der Waals surface area contributed by atoms with Crippen molar-refractivity contribution in [3.8, 4) is 0 Å². The van der Waals surface area contributed by atoms with Gasteiger partial charge in [-0.3, -0.25) is 0 Å². The highest BCUT2D eigenvalue weighted by Crippen LogP contribution is 2.31. The standard InChI is InChI=1S/C15H30N2O/c1-4-12-10-17(8-6-13(12)9-16)11-14-5-7-15(2,3)18-14/h12-14H,4-11,16H2,1-3H3. The van der Waals surface area contributed by atoms with E-state index in [1.54, 1.807) is 0 Å². The molecule has 3 unspecified atom stereocenters. The Morgan fingerprint density at radius 1 is 1.28 bits per heavy atom. The molecular weight excluding hydrogens is 224 g/mol. The van der Waals surface area contributed by atoms with Crippen molar-refractivity contribution in [3.05, 3.63) is 0 Å². The number of nitrogens with two attached hydrogens (primary N) is 1. The monoisotopic (exact) mass is 254 g/mol. The maximum Gasteiger partial charge on any atom is 0.0710 e. The van der Waals surface area contributed by atoms with Crippen LogP contribution in [0.1, 0.15) is 46.5 Å². The fraction of sp³-hybridized carbons (Fsp3) is 1.00. The van der Waals surface area contributed by atoms with Gasteiger partial charge in [-0.05, 0) is 58.0 Å². The third-order valence-electron chi connectivity index (χ3n) is 4.82. The van der Waals surface area contributed by atoms with Crippen molar-refractivity contribution in [3.63, 3.8) is 0 Å². The summed E-state index contributed by atoms with van der Waals surface area (Å²) in [6.45, 7) is 11.1. The van der Waals surface area contributed by atoms with E-state index in [0.29, 0.717) is 6.10 Å². The third-order valence-corrected chi connectivity index (χ3v) is 4.82. The summed E-state index contributed by atoms with van der Waals surface area (Å²) in [4.78, 5) is 2.60. The molecule has 3 heteroatoms. The number of likely N-dealkylation sites (tertiary alicyclic amines) is 1. The summed E-state index contributed by atoms with van der Waals surface area (Å²) in [5, 5.41) is 0. The predicted molar refractivity (Wildman–Crippen MR) is 75.6 cm³/mol. The maximum absolute atomic E-state index is 6.11. The molecule has 0 aromatic heterocycles. The lowest BCUT2D eigenvalue weighted by atomic mass is 9.83. The highest BCUT2D eigenvalue weighted by molar-refractivity contribution is 4.86. The topological polar surface area (TPSA) is 38.5 Å². The second kappa shape index (κ2) is 5.89. The minimum atomic E-state index is 0.102. The first-order chi connectivity index (χ1) is 8.54. The summed E-state index contributed by atoms with van der Waals surface area (Å²) >= 11 is 0. The summed E-state index contributed by atoms with van der Waals surface area (Å²) in [7, 11) is 0. The molecule has 18 heavy (non-hydrogen) atoms. The highest BCUT2D eigenvalue weighted by Gasteiger charge is 2.34. The fourth-order valence-electron chi connectivity index (χ4n) is 3.59. The third kappa shape index (κ3) is 3.46. The van der Waals surface area contributed by atoms with E-state index in [4.69, 9.17) is 10.5 Å². The van der Waals surface area contributed by atoms with E-state index < -0.39 is 0 Å². The van der Waals surface area contributed by atoms with Gasteiger partial charge in [-0.1, -0.05) is 13.3 Å².